The Balaban J connectivity index is 2.04. The van der Waals surface area contributed by atoms with Gasteiger partial charge < -0.3 is 5.11 Å². The van der Waals surface area contributed by atoms with Gasteiger partial charge in [-0.05, 0) is 31.5 Å². The summed E-state index contributed by atoms with van der Waals surface area (Å²) in [5.41, 5.74) is 1.42. The van der Waals surface area contributed by atoms with Gasteiger partial charge in [-0.1, -0.05) is 37.7 Å². The molecule has 1 aliphatic rings. The Bertz CT molecular complexity index is 512. The summed E-state index contributed by atoms with van der Waals surface area (Å²) in [5, 5.41) is 8.69. The fraction of sp³-hybridized carbons (Fsp3) is 0.556. The lowest BCUT2D eigenvalue weighted by atomic mass is 10.1. The van der Waals surface area contributed by atoms with Gasteiger partial charge in [-0.3, -0.25) is 4.90 Å². The largest absolute Gasteiger partial charge is 0.395 e. The van der Waals surface area contributed by atoms with Crippen molar-refractivity contribution in [1.82, 2.24) is 4.90 Å². The Morgan fingerprint density at radius 2 is 2.10 bits per heavy atom. The van der Waals surface area contributed by atoms with E-state index in [4.69, 9.17) is 5.11 Å². The molecule has 21 heavy (non-hydrogen) atoms. The summed E-state index contributed by atoms with van der Waals surface area (Å²) < 4.78 is 14.2. The Kier molecular flexibility index (Phi) is 6.22. The van der Waals surface area contributed by atoms with Gasteiger partial charge in [-0.15, -0.1) is 0 Å². The van der Waals surface area contributed by atoms with Crippen LogP contribution in [-0.2, 0) is 6.54 Å². The van der Waals surface area contributed by atoms with Crippen LogP contribution in [0.3, 0.4) is 0 Å². The van der Waals surface area contributed by atoms with E-state index in [1.54, 1.807) is 0 Å². The SMILES string of the molecule is CCN(Cc1ccc(C#CCCO)cc1F)C1CCCC1. The van der Waals surface area contributed by atoms with Crippen LogP contribution in [-0.4, -0.2) is 29.2 Å². The van der Waals surface area contributed by atoms with E-state index >= 15 is 0 Å². The molecule has 1 N–H and O–H groups in total. The van der Waals surface area contributed by atoms with Crippen molar-refractivity contribution in [3.8, 4) is 11.8 Å². The van der Waals surface area contributed by atoms with E-state index in [-0.39, 0.29) is 12.4 Å². The lowest BCUT2D eigenvalue weighted by Crippen LogP contribution is -2.32. The van der Waals surface area contributed by atoms with Crippen LogP contribution in [0.1, 0.15) is 50.2 Å². The molecule has 0 amide bonds. The van der Waals surface area contributed by atoms with E-state index in [1.807, 2.05) is 12.1 Å². The van der Waals surface area contributed by atoms with Gasteiger partial charge in [0, 0.05) is 30.1 Å². The average Bonchev–Trinajstić information content (AvgIpc) is 3.01. The molecule has 114 valence electrons. The van der Waals surface area contributed by atoms with Crippen molar-refractivity contribution in [3.05, 3.63) is 35.1 Å². The van der Waals surface area contributed by atoms with Crippen LogP contribution >= 0.6 is 0 Å². The average molecular weight is 289 g/mol. The molecule has 1 saturated carbocycles. The molecule has 0 aliphatic heterocycles. The van der Waals surface area contributed by atoms with E-state index in [0.717, 1.165) is 12.1 Å². The summed E-state index contributed by atoms with van der Waals surface area (Å²) in [6.07, 6.45) is 5.49. The van der Waals surface area contributed by atoms with Gasteiger partial charge in [0.05, 0.1) is 6.61 Å². The van der Waals surface area contributed by atoms with E-state index in [2.05, 4.69) is 23.7 Å². The van der Waals surface area contributed by atoms with Gasteiger partial charge in [0.25, 0.3) is 0 Å². The van der Waals surface area contributed by atoms with Crippen LogP contribution in [0.15, 0.2) is 18.2 Å². The molecule has 1 aromatic carbocycles. The maximum absolute atomic E-state index is 14.2. The minimum absolute atomic E-state index is 0.0421. The van der Waals surface area contributed by atoms with Crippen molar-refractivity contribution in [2.75, 3.05) is 13.2 Å². The number of benzene rings is 1. The second-order valence-corrected chi connectivity index (χ2v) is 5.58. The quantitative estimate of drug-likeness (QED) is 0.841. The van der Waals surface area contributed by atoms with E-state index in [1.165, 1.54) is 31.7 Å². The Morgan fingerprint density at radius 3 is 2.71 bits per heavy atom. The van der Waals surface area contributed by atoms with Crippen molar-refractivity contribution >= 4 is 0 Å². The molecule has 0 aromatic heterocycles. The molecule has 2 nitrogen and oxygen atoms in total. The minimum Gasteiger partial charge on any atom is -0.395 e. The van der Waals surface area contributed by atoms with Crippen molar-refractivity contribution in [2.24, 2.45) is 0 Å². The van der Waals surface area contributed by atoms with Crippen LogP contribution in [0.5, 0.6) is 0 Å². The van der Waals surface area contributed by atoms with Crippen molar-refractivity contribution in [2.45, 2.75) is 51.6 Å². The van der Waals surface area contributed by atoms with E-state index in [9.17, 15) is 4.39 Å². The van der Waals surface area contributed by atoms with Crippen molar-refractivity contribution in [3.63, 3.8) is 0 Å². The fourth-order valence-electron chi connectivity index (χ4n) is 2.96. The molecule has 0 heterocycles. The first kappa shape index (κ1) is 16.0. The third-order valence-corrected chi connectivity index (χ3v) is 4.14. The monoisotopic (exact) mass is 289 g/mol. The molecule has 1 aromatic rings. The normalized spacial score (nSPS) is 15.2. The molecule has 0 atom stereocenters. The summed E-state index contributed by atoms with van der Waals surface area (Å²) in [6.45, 7) is 3.82. The smallest absolute Gasteiger partial charge is 0.128 e. The zero-order valence-corrected chi connectivity index (χ0v) is 12.7. The third kappa shape index (κ3) is 4.56. The van der Waals surface area contributed by atoms with Gasteiger partial charge >= 0.3 is 0 Å². The predicted molar refractivity (Wildman–Crippen MR) is 83.3 cm³/mol. The molecule has 2 rings (SSSR count). The number of aliphatic hydroxyl groups excluding tert-OH is 1. The molecule has 0 unspecified atom stereocenters. The van der Waals surface area contributed by atoms with Crippen LogP contribution < -0.4 is 0 Å². The Labute approximate surface area is 127 Å². The Hall–Kier alpha value is -1.37. The van der Waals surface area contributed by atoms with Gasteiger partial charge in [0.2, 0.25) is 0 Å². The maximum Gasteiger partial charge on any atom is 0.128 e. The molecule has 1 aliphatic carbocycles. The minimum atomic E-state index is -0.178. The highest BCUT2D eigenvalue weighted by Crippen LogP contribution is 2.25. The van der Waals surface area contributed by atoms with Crippen LogP contribution in [0.2, 0.25) is 0 Å². The lowest BCUT2D eigenvalue weighted by Gasteiger charge is -2.27. The van der Waals surface area contributed by atoms with Crippen LogP contribution in [0, 0.1) is 17.7 Å². The first-order chi connectivity index (χ1) is 10.2. The predicted octanol–water partition coefficient (Wildman–Crippen LogP) is 3.32. The standard InChI is InChI=1S/C18H24FNO/c1-2-20(17-8-3-4-9-17)14-16-11-10-15(13-18(16)19)7-5-6-12-21/h10-11,13,17,21H,2-4,6,8-9,12,14H2,1H3. The zero-order chi connectivity index (χ0) is 15.1. The molecule has 0 saturated heterocycles. The maximum atomic E-state index is 14.2. The van der Waals surface area contributed by atoms with Gasteiger partial charge in [-0.25, -0.2) is 4.39 Å². The summed E-state index contributed by atoms with van der Waals surface area (Å²) in [7, 11) is 0. The Morgan fingerprint density at radius 1 is 1.33 bits per heavy atom. The summed E-state index contributed by atoms with van der Waals surface area (Å²) >= 11 is 0. The summed E-state index contributed by atoms with van der Waals surface area (Å²) in [6, 6.07) is 5.82. The zero-order valence-electron chi connectivity index (χ0n) is 12.7. The summed E-state index contributed by atoms with van der Waals surface area (Å²) in [5.74, 6) is 5.51. The van der Waals surface area contributed by atoms with E-state index in [0.29, 0.717) is 24.6 Å². The molecular weight excluding hydrogens is 265 g/mol. The van der Waals surface area contributed by atoms with E-state index < -0.39 is 0 Å². The number of nitrogens with zero attached hydrogens (tertiary/aromatic N) is 1. The molecule has 1 fully saturated rings. The third-order valence-electron chi connectivity index (χ3n) is 4.14. The number of aliphatic hydroxyl groups is 1. The number of halogens is 1. The topological polar surface area (TPSA) is 23.5 Å². The first-order valence-corrected chi connectivity index (χ1v) is 7.86. The van der Waals surface area contributed by atoms with Gasteiger partial charge in [-0.2, -0.15) is 0 Å². The fourth-order valence-corrected chi connectivity index (χ4v) is 2.96. The highest BCUT2D eigenvalue weighted by atomic mass is 19.1. The second kappa shape index (κ2) is 8.17. The highest BCUT2D eigenvalue weighted by molar-refractivity contribution is 5.37. The molecule has 0 radical (unpaired) electrons. The molecular formula is C18H24FNO. The van der Waals surface area contributed by atoms with Crippen LogP contribution in [0.4, 0.5) is 4.39 Å². The molecule has 0 spiro atoms. The van der Waals surface area contributed by atoms with Crippen LogP contribution in [0.25, 0.3) is 0 Å². The molecule has 3 heteroatoms. The number of rotatable bonds is 5. The molecule has 0 bridgehead atoms. The second-order valence-electron chi connectivity index (χ2n) is 5.58. The summed E-state index contributed by atoms with van der Waals surface area (Å²) in [4.78, 5) is 2.38. The van der Waals surface area contributed by atoms with Crippen molar-refractivity contribution < 1.29 is 9.50 Å². The highest BCUT2D eigenvalue weighted by Gasteiger charge is 2.22. The first-order valence-electron chi connectivity index (χ1n) is 7.86. The number of hydrogen-bond acceptors (Lipinski definition) is 2. The van der Waals surface area contributed by atoms with Crippen molar-refractivity contribution in [1.29, 1.82) is 0 Å². The van der Waals surface area contributed by atoms with Gasteiger partial charge in [0.15, 0.2) is 0 Å². The lowest BCUT2D eigenvalue weighted by molar-refractivity contribution is 0.198. The number of hydrogen-bond donors (Lipinski definition) is 1. The van der Waals surface area contributed by atoms with Gasteiger partial charge in [0.1, 0.15) is 5.82 Å².